The lowest BCUT2D eigenvalue weighted by Gasteiger charge is -2.31. The summed E-state index contributed by atoms with van der Waals surface area (Å²) in [7, 11) is 0. The zero-order chi connectivity index (χ0) is 13.5. The number of primary amides is 1. The molecule has 0 aliphatic heterocycles. The van der Waals surface area contributed by atoms with Crippen LogP contribution in [0.25, 0.3) is 0 Å². The van der Waals surface area contributed by atoms with Crippen LogP contribution in [0.3, 0.4) is 0 Å². The molecule has 2 unspecified atom stereocenters. The van der Waals surface area contributed by atoms with Crippen LogP contribution < -0.4 is 16.8 Å². The van der Waals surface area contributed by atoms with E-state index in [-0.39, 0.29) is 18.4 Å². The molecule has 0 bridgehead atoms. The van der Waals surface area contributed by atoms with Crippen LogP contribution in [0.5, 0.6) is 0 Å². The average Bonchev–Trinajstić information content (AvgIpc) is 2.35. The van der Waals surface area contributed by atoms with Gasteiger partial charge < -0.3 is 16.8 Å². The first kappa shape index (κ1) is 15.0. The summed E-state index contributed by atoms with van der Waals surface area (Å²) in [5.74, 6) is -0.247. The molecule has 2 amide bonds. The van der Waals surface area contributed by atoms with Crippen molar-refractivity contribution in [2.75, 3.05) is 0 Å². The summed E-state index contributed by atoms with van der Waals surface area (Å²) in [6.07, 6.45) is 6.93. The van der Waals surface area contributed by atoms with Gasteiger partial charge in [-0.15, -0.1) is 0 Å². The third-order valence-electron chi connectivity index (χ3n) is 3.74. The summed E-state index contributed by atoms with van der Waals surface area (Å²) >= 11 is 0. The van der Waals surface area contributed by atoms with Gasteiger partial charge in [0.25, 0.3) is 0 Å². The molecule has 0 aromatic heterocycles. The molecular formula is C13H25N3O2. The summed E-state index contributed by atoms with van der Waals surface area (Å²) in [6, 6.07) is -0.642. The Morgan fingerprint density at radius 1 is 1.28 bits per heavy atom. The number of hydrogen-bond acceptors (Lipinski definition) is 3. The van der Waals surface area contributed by atoms with Crippen LogP contribution in [-0.4, -0.2) is 23.9 Å². The minimum atomic E-state index is -0.819. The van der Waals surface area contributed by atoms with Gasteiger partial charge in [0, 0.05) is 6.04 Å². The maximum atomic E-state index is 11.8. The van der Waals surface area contributed by atoms with Crippen molar-refractivity contribution in [1.82, 2.24) is 5.32 Å². The van der Waals surface area contributed by atoms with Gasteiger partial charge >= 0.3 is 0 Å². The predicted molar refractivity (Wildman–Crippen MR) is 70.6 cm³/mol. The van der Waals surface area contributed by atoms with E-state index in [1.165, 1.54) is 32.1 Å². The second-order valence-corrected chi connectivity index (χ2v) is 5.20. The maximum Gasteiger partial charge on any atom is 0.237 e. The molecule has 1 rings (SSSR count). The van der Waals surface area contributed by atoms with Gasteiger partial charge in [-0.2, -0.15) is 0 Å². The number of carbonyl (C=O) groups excluding carboxylic acids is 2. The molecule has 1 saturated carbocycles. The van der Waals surface area contributed by atoms with Gasteiger partial charge in [-0.05, 0) is 25.2 Å². The van der Waals surface area contributed by atoms with Crippen LogP contribution in [0.1, 0.15) is 51.9 Å². The molecule has 1 aliphatic carbocycles. The first-order valence-electron chi connectivity index (χ1n) is 6.88. The Bertz CT molecular complexity index is 288. The second kappa shape index (κ2) is 7.36. The Hall–Kier alpha value is -1.10. The van der Waals surface area contributed by atoms with Crippen molar-refractivity contribution in [2.45, 2.75) is 64.0 Å². The molecule has 5 nitrogen and oxygen atoms in total. The van der Waals surface area contributed by atoms with E-state index in [4.69, 9.17) is 11.5 Å². The first-order chi connectivity index (χ1) is 8.54. The number of carbonyl (C=O) groups is 2. The number of nitrogens with two attached hydrogens (primary N) is 2. The Morgan fingerprint density at radius 2 is 1.89 bits per heavy atom. The van der Waals surface area contributed by atoms with Crippen molar-refractivity contribution >= 4 is 11.8 Å². The SMILES string of the molecule is CCC(NC(=O)C(N)CC(N)=O)C1CCCCC1. The Kier molecular flexibility index (Phi) is 6.12. The number of nitrogens with one attached hydrogen (secondary N) is 1. The quantitative estimate of drug-likeness (QED) is 0.650. The fourth-order valence-corrected chi connectivity index (χ4v) is 2.69. The van der Waals surface area contributed by atoms with E-state index in [1.807, 2.05) is 0 Å². The molecule has 2 atom stereocenters. The van der Waals surface area contributed by atoms with E-state index in [0.717, 1.165) is 6.42 Å². The molecule has 0 heterocycles. The van der Waals surface area contributed by atoms with Crippen molar-refractivity contribution in [1.29, 1.82) is 0 Å². The van der Waals surface area contributed by atoms with Crippen LogP contribution in [0, 0.1) is 5.92 Å². The van der Waals surface area contributed by atoms with Gasteiger partial charge in [-0.1, -0.05) is 26.2 Å². The van der Waals surface area contributed by atoms with Gasteiger partial charge in [0.15, 0.2) is 0 Å². The molecule has 18 heavy (non-hydrogen) atoms. The van der Waals surface area contributed by atoms with E-state index < -0.39 is 11.9 Å². The largest absolute Gasteiger partial charge is 0.370 e. The van der Waals surface area contributed by atoms with E-state index in [2.05, 4.69) is 12.2 Å². The molecule has 5 N–H and O–H groups in total. The van der Waals surface area contributed by atoms with Gasteiger partial charge in [-0.25, -0.2) is 0 Å². The average molecular weight is 255 g/mol. The first-order valence-corrected chi connectivity index (χ1v) is 6.88. The summed E-state index contributed by atoms with van der Waals surface area (Å²) in [5, 5.41) is 2.97. The standard InChI is InChI=1S/C13H25N3O2/c1-2-11(9-6-4-3-5-7-9)16-13(18)10(14)8-12(15)17/h9-11H,2-8,14H2,1H3,(H2,15,17)(H,16,18). The van der Waals surface area contributed by atoms with Crippen LogP contribution in [0.2, 0.25) is 0 Å². The second-order valence-electron chi connectivity index (χ2n) is 5.20. The summed E-state index contributed by atoms with van der Waals surface area (Å²) in [5.41, 5.74) is 10.7. The predicted octanol–water partition coefficient (Wildman–Crippen LogP) is 0.664. The van der Waals surface area contributed by atoms with E-state index in [9.17, 15) is 9.59 Å². The highest BCUT2D eigenvalue weighted by atomic mass is 16.2. The van der Waals surface area contributed by atoms with Crippen molar-refractivity contribution in [3.8, 4) is 0 Å². The highest BCUT2D eigenvalue weighted by molar-refractivity contribution is 5.87. The van der Waals surface area contributed by atoms with E-state index in [1.54, 1.807) is 0 Å². The van der Waals surface area contributed by atoms with E-state index >= 15 is 0 Å². The smallest absolute Gasteiger partial charge is 0.237 e. The minimum absolute atomic E-state index is 0.0903. The maximum absolute atomic E-state index is 11.8. The molecular weight excluding hydrogens is 230 g/mol. The number of amides is 2. The fourth-order valence-electron chi connectivity index (χ4n) is 2.69. The zero-order valence-corrected chi connectivity index (χ0v) is 11.2. The highest BCUT2D eigenvalue weighted by Crippen LogP contribution is 2.27. The molecule has 104 valence electrons. The number of rotatable bonds is 6. The lowest BCUT2D eigenvalue weighted by atomic mass is 9.83. The number of hydrogen-bond donors (Lipinski definition) is 3. The molecule has 1 fully saturated rings. The molecule has 0 radical (unpaired) electrons. The molecule has 1 aliphatic rings. The third kappa shape index (κ3) is 4.64. The van der Waals surface area contributed by atoms with Crippen molar-refractivity contribution in [2.24, 2.45) is 17.4 Å². The third-order valence-corrected chi connectivity index (χ3v) is 3.74. The van der Waals surface area contributed by atoms with Crippen molar-refractivity contribution < 1.29 is 9.59 Å². The highest BCUT2D eigenvalue weighted by Gasteiger charge is 2.25. The summed E-state index contributed by atoms with van der Waals surface area (Å²) in [6.45, 7) is 2.07. The van der Waals surface area contributed by atoms with Crippen LogP contribution >= 0.6 is 0 Å². The van der Waals surface area contributed by atoms with Crippen molar-refractivity contribution in [3.05, 3.63) is 0 Å². The van der Waals surface area contributed by atoms with E-state index in [0.29, 0.717) is 5.92 Å². The normalized spacial score (nSPS) is 20.1. The van der Waals surface area contributed by atoms with Gasteiger partial charge in [0.1, 0.15) is 0 Å². The minimum Gasteiger partial charge on any atom is -0.370 e. The van der Waals surface area contributed by atoms with Gasteiger partial charge in [0.2, 0.25) is 11.8 Å². The molecule has 0 spiro atoms. The molecule has 0 saturated heterocycles. The zero-order valence-electron chi connectivity index (χ0n) is 11.2. The molecule has 0 aromatic rings. The van der Waals surface area contributed by atoms with Crippen LogP contribution in [0.4, 0.5) is 0 Å². The lowest BCUT2D eigenvalue weighted by molar-refractivity contribution is -0.127. The molecule has 0 aromatic carbocycles. The van der Waals surface area contributed by atoms with Crippen LogP contribution in [-0.2, 0) is 9.59 Å². The summed E-state index contributed by atoms with van der Waals surface area (Å²) < 4.78 is 0. The Morgan fingerprint density at radius 3 is 2.39 bits per heavy atom. The monoisotopic (exact) mass is 255 g/mol. The van der Waals surface area contributed by atoms with Crippen LogP contribution in [0.15, 0.2) is 0 Å². The Balaban J connectivity index is 2.46. The summed E-state index contributed by atoms with van der Waals surface area (Å²) in [4.78, 5) is 22.6. The Labute approximate surface area is 109 Å². The van der Waals surface area contributed by atoms with Crippen molar-refractivity contribution in [3.63, 3.8) is 0 Å². The molecule has 5 heteroatoms. The van der Waals surface area contributed by atoms with Gasteiger partial charge in [-0.3, -0.25) is 9.59 Å². The lowest BCUT2D eigenvalue weighted by Crippen LogP contribution is -2.49. The topological polar surface area (TPSA) is 98.2 Å². The fraction of sp³-hybridized carbons (Fsp3) is 0.846. The van der Waals surface area contributed by atoms with Gasteiger partial charge in [0.05, 0.1) is 12.5 Å².